The Morgan fingerprint density at radius 1 is 1.50 bits per heavy atom. The fraction of sp³-hybridized carbons (Fsp3) is 0.333. The van der Waals surface area contributed by atoms with Gasteiger partial charge in [-0.15, -0.1) is 0 Å². The highest BCUT2D eigenvalue weighted by Crippen LogP contribution is 2.25. The van der Waals surface area contributed by atoms with E-state index in [4.69, 9.17) is 0 Å². The van der Waals surface area contributed by atoms with Crippen molar-refractivity contribution in [3.05, 3.63) is 34.1 Å². The van der Waals surface area contributed by atoms with Crippen molar-refractivity contribution >= 4 is 15.9 Å². The molecule has 2 rings (SSSR count). The molecule has 1 fully saturated rings. The molecular formula is C9H9BrFN. The van der Waals surface area contributed by atoms with E-state index >= 15 is 0 Å². The van der Waals surface area contributed by atoms with Crippen LogP contribution in [-0.2, 0) is 0 Å². The number of hydrogen-bond acceptors (Lipinski definition) is 1. The molecule has 0 saturated carbocycles. The summed E-state index contributed by atoms with van der Waals surface area (Å²) in [4.78, 5) is 0. The van der Waals surface area contributed by atoms with Crippen LogP contribution < -0.4 is 5.32 Å². The molecule has 1 N–H and O–H groups in total. The summed E-state index contributed by atoms with van der Waals surface area (Å²) in [7, 11) is 0. The first-order chi connectivity index (χ1) is 5.77. The second-order valence-corrected chi connectivity index (χ2v) is 3.82. The lowest BCUT2D eigenvalue weighted by Crippen LogP contribution is -2.34. The van der Waals surface area contributed by atoms with Crippen LogP contribution in [0.1, 0.15) is 18.0 Å². The third-order valence-corrected chi connectivity index (χ3v) is 2.81. The second-order valence-electron chi connectivity index (χ2n) is 2.97. The lowest BCUT2D eigenvalue weighted by molar-refractivity contribution is 0.382. The van der Waals surface area contributed by atoms with Gasteiger partial charge < -0.3 is 5.32 Å². The van der Waals surface area contributed by atoms with Crippen LogP contribution in [0.5, 0.6) is 0 Å². The first kappa shape index (κ1) is 8.20. The topological polar surface area (TPSA) is 12.0 Å². The minimum Gasteiger partial charge on any atom is -0.310 e. The Kier molecular flexibility index (Phi) is 2.15. The molecule has 0 amide bonds. The van der Waals surface area contributed by atoms with Crippen molar-refractivity contribution in [2.45, 2.75) is 12.5 Å². The summed E-state index contributed by atoms with van der Waals surface area (Å²) in [5.41, 5.74) is 1.04. The fourth-order valence-electron chi connectivity index (χ4n) is 1.30. The highest BCUT2D eigenvalue weighted by atomic mass is 79.9. The molecule has 1 heterocycles. The van der Waals surface area contributed by atoms with E-state index in [0.29, 0.717) is 10.5 Å². The van der Waals surface area contributed by atoms with Crippen molar-refractivity contribution in [2.24, 2.45) is 0 Å². The molecule has 0 aromatic heterocycles. The van der Waals surface area contributed by atoms with Gasteiger partial charge >= 0.3 is 0 Å². The molecule has 1 nitrogen and oxygen atoms in total. The van der Waals surface area contributed by atoms with Gasteiger partial charge in [0.25, 0.3) is 0 Å². The standard InChI is InChI=1S/C9H9BrFN/c10-7-2-1-6(5-8(7)11)9-3-4-12-9/h1-2,5,9,12H,3-4H2/t9-/m0/s1. The van der Waals surface area contributed by atoms with Gasteiger partial charge in [-0.2, -0.15) is 0 Å². The predicted molar refractivity (Wildman–Crippen MR) is 49.5 cm³/mol. The fourth-order valence-corrected chi connectivity index (χ4v) is 1.55. The lowest BCUT2D eigenvalue weighted by atomic mass is 9.98. The molecule has 1 saturated heterocycles. The van der Waals surface area contributed by atoms with Crippen LogP contribution in [0.4, 0.5) is 4.39 Å². The quantitative estimate of drug-likeness (QED) is 0.781. The van der Waals surface area contributed by atoms with Gasteiger partial charge in [-0.1, -0.05) is 6.07 Å². The molecule has 0 bridgehead atoms. The average Bonchev–Trinajstić information content (AvgIpc) is 1.93. The number of benzene rings is 1. The van der Waals surface area contributed by atoms with E-state index < -0.39 is 0 Å². The number of nitrogens with one attached hydrogen (secondary N) is 1. The van der Waals surface area contributed by atoms with Gasteiger partial charge in [-0.3, -0.25) is 0 Å². The summed E-state index contributed by atoms with van der Waals surface area (Å²) in [6.45, 7) is 1.04. The first-order valence-electron chi connectivity index (χ1n) is 3.96. The molecule has 3 heteroatoms. The molecule has 1 aliphatic rings. The van der Waals surface area contributed by atoms with Gasteiger partial charge in [0, 0.05) is 6.04 Å². The van der Waals surface area contributed by atoms with Gasteiger partial charge in [-0.25, -0.2) is 4.39 Å². The minimum absolute atomic E-state index is 0.179. The monoisotopic (exact) mass is 229 g/mol. The van der Waals surface area contributed by atoms with Crippen LogP contribution in [-0.4, -0.2) is 6.54 Å². The zero-order valence-electron chi connectivity index (χ0n) is 6.48. The number of halogens is 2. The van der Waals surface area contributed by atoms with Crippen LogP contribution in [0.3, 0.4) is 0 Å². The average molecular weight is 230 g/mol. The highest BCUT2D eigenvalue weighted by Gasteiger charge is 2.18. The van der Waals surface area contributed by atoms with Crippen molar-refractivity contribution in [3.8, 4) is 0 Å². The van der Waals surface area contributed by atoms with E-state index in [0.717, 1.165) is 18.5 Å². The Morgan fingerprint density at radius 3 is 2.75 bits per heavy atom. The van der Waals surface area contributed by atoms with Crippen LogP contribution in [0, 0.1) is 5.82 Å². The summed E-state index contributed by atoms with van der Waals surface area (Å²) < 4.78 is 13.6. The summed E-state index contributed by atoms with van der Waals surface area (Å²) >= 11 is 3.12. The van der Waals surface area contributed by atoms with Crippen molar-refractivity contribution in [1.82, 2.24) is 5.32 Å². The maximum atomic E-state index is 13.0. The largest absolute Gasteiger partial charge is 0.310 e. The Labute approximate surface area is 79.1 Å². The van der Waals surface area contributed by atoms with Crippen molar-refractivity contribution < 1.29 is 4.39 Å². The van der Waals surface area contributed by atoms with Gasteiger partial charge in [0.2, 0.25) is 0 Å². The zero-order valence-corrected chi connectivity index (χ0v) is 8.07. The van der Waals surface area contributed by atoms with E-state index in [9.17, 15) is 4.39 Å². The molecule has 0 aliphatic carbocycles. The number of rotatable bonds is 1. The van der Waals surface area contributed by atoms with E-state index in [2.05, 4.69) is 21.2 Å². The summed E-state index contributed by atoms with van der Waals surface area (Å²) in [5, 5.41) is 3.23. The van der Waals surface area contributed by atoms with E-state index in [-0.39, 0.29) is 5.82 Å². The maximum absolute atomic E-state index is 13.0. The minimum atomic E-state index is -0.179. The van der Waals surface area contributed by atoms with Crippen molar-refractivity contribution in [1.29, 1.82) is 0 Å². The van der Waals surface area contributed by atoms with Crippen molar-refractivity contribution in [3.63, 3.8) is 0 Å². The molecule has 0 spiro atoms. The SMILES string of the molecule is Fc1cc([C@@H]2CCN2)ccc1Br. The molecule has 64 valence electrons. The normalized spacial score (nSPS) is 22.0. The lowest BCUT2D eigenvalue weighted by Gasteiger charge is -2.28. The van der Waals surface area contributed by atoms with E-state index in [1.807, 2.05) is 6.07 Å². The molecular weight excluding hydrogens is 221 g/mol. The van der Waals surface area contributed by atoms with Crippen LogP contribution in [0.2, 0.25) is 0 Å². The Bertz CT molecular complexity index is 297. The van der Waals surface area contributed by atoms with Gasteiger partial charge in [0.1, 0.15) is 5.82 Å². The van der Waals surface area contributed by atoms with Crippen LogP contribution in [0.15, 0.2) is 22.7 Å². The van der Waals surface area contributed by atoms with Crippen molar-refractivity contribution in [2.75, 3.05) is 6.54 Å². The molecule has 1 aromatic carbocycles. The predicted octanol–water partition coefficient (Wildman–Crippen LogP) is 2.62. The number of hydrogen-bond donors (Lipinski definition) is 1. The van der Waals surface area contributed by atoms with E-state index in [1.54, 1.807) is 12.1 Å². The molecule has 12 heavy (non-hydrogen) atoms. The third-order valence-electron chi connectivity index (χ3n) is 2.17. The Hall–Kier alpha value is -0.410. The van der Waals surface area contributed by atoms with Crippen LogP contribution >= 0.6 is 15.9 Å². The Balaban J connectivity index is 2.27. The summed E-state index contributed by atoms with van der Waals surface area (Å²) in [6, 6.07) is 5.66. The van der Waals surface area contributed by atoms with Gasteiger partial charge in [-0.05, 0) is 46.6 Å². The maximum Gasteiger partial charge on any atom is 0.137 e. The smallest absolute Gasteiger partial charge is 0.137 e. The van der Waals surface area contributed by atoms with Gasteiger partial charge in [0.05, 0.1) is 4.47 Å². The molecule has 1 atom stereocenters. The Morgan fingerprint density at radius 2 is 2.25 bits per heavy atom. The summed E-state index contributed by atoms with van der Waals surface area (Å²) in [6.07, 6.45) is 1.11. The van der Waals surface area contributed by atoms with Crippen LogP contribution in [0.25, 0.3) is 0 Å². The zero-order chi connectivity index (χ0) is 8.55. The van der Waals surface area contributed by atoms with Gasteiger partial charge in [0.15, 0.2) is 0 Å². The first-order valence-corrected chi connectivity index (χ1v) is 4.75. The highest BCUT2D eigenvalue weighted by molar-refractivity contribution is 9.10. The molecule has 1 aromatic rings. The molecule has 0 radical (unpaired) electrons. The van der Waals surface area contributed by atoms with E-state index in [1.165, 1.54) is 0 Å². The third kappa shape index (κ3) is 1.39. The second kappa shape index (κ2) is 3.15. The molecule has 1 aliphatic heterocycles. The summed E-state index contributed by atoms with van der Waals surface area (Å²) in [5.74, 6) is -0.179. The molecule has 0 unspecified atom stereocenters.